The van der Waals surface area contributed by atoms with Crippen molar-refractivity contribution in [2.24, 2.45) is 0 Å². The molecule has 1 N–H and O–H groups in total. The van der Waals surface area contributed by atoms with E-state index in [1.54, 1.807) is 4.90 Å². The van der Waals surface area contributed by atoms with Crippen LogP contribution in [0.1, 0.15) is 142 Å². The summed E-state index contributed by atoms with van der Waals surface area (Å²) in [5.41, 5.74) is 0. The van der Waals surface area contributed by atoms with Crippen molar-refractivity contribution in [2.75, 3.05) is 40.5 Å². The zero-order valence-corrected chi connectivity index (χ0v) is 36.9. The first-order valence-corrected chi connectivity index (χ1v) is 23.0. The van der Waals surface area contributed by atoms with Gasteiger partial charge in [-0.1, -0.05) is 143 Å². The summed E-state index contributed by atoms with van der Waals surface area (Å²) >= 11 is 0. The van der Waals surface area contributed by atoms with E-state index in [4.69, 9.17) is 18.5 Å². The van der Waals surface area contributed by atoms with Gasteiger partial charge in [0.1, 0.15) is 6.61 Å². The lowest BCUT2D eigenvalue weighted by Gasteiger charge is -2.20. The summed E-state index contributed by atoms with van der Waals surface area (Å²) in [5.74, 6) is -0.927. The fourth-order valence-corrected chi connectivity index (χ4v) is 5.84. The molecule has 0 amide bonds. The molecule has 0 saturated carbocycles. The number of ether oxygens (including phenoxy) is 2. The van der Waals surface area contributed by atoms with E-state index in [1.165, 1.54) is 25.7 Å². The number of nitrogens with zero attached hydrogens (tertiary/aromatic N) is 1. The zero-order chi connectivity index (χ0) is 41.9. The highest BCUT2D eigenvalue weighted by molar-refractivity contribution is 7.47. The molecule has 0 heterocycles. The highest BCUT2D eigenvalue weighted by atomic mass is 31.2. The van der Waals surface area contributed by atoms with E-state index in [0.29, 0.717) is 19.4 Å². The summed E-state index contributed by atoms with van der Waals surface area (Å²) in [6.07, 6.45) is 51.8. The minimum Gasteiger partial charge on any atom is -0.462 e. The first kappa shape index (κ1) is 53.9. The standard InChI is InChI=1S/C47H78NO8P/c1-5-7-9-11-13-15-17-19-21-22-23-24-26-28-30-32-34-36-38-40-47(50)56-45(44-55-57(51,52)54-42-41-48(3)4)43-53-46(49)39-37-35-33-31-29-27-25-20-18-16-14-12-10-8-6-2/h7,9,13-16,19-21,23-25,28,30,34,36,45H,5-6,8,10-12,17-18,22,26-27,29,31-33,35,37-44H2,1-4H3,(H,51,52)/b9-7-,15-13-,16-14-,21-19-,24-23-,25-20-,30-28-,36-34-. The SMILES string of the molecule is CC/C=C\C/C=C\C/C=C\C/C=C\C/C=C\C/C=C\CCC(=O)OC(COC(=O)CCCCCCC/C=C\C/C=C\CCCCC)COP(=O)(O)OCCN(C)C. The molecule has 0 aliphatic heterocycles. The number of phosphoric acid groups is 1. The molecular weight excluding hydrogens is 737 g/mol. The summed E-state index contributed by atoms with van der Waals surface area (Å²) in [6.45, 7) is 4.05. The molecule has 9 nitrogen and oxygen atoms in total. The van der Waals surface area contributed by atoms with Gasteiger partial charge in [-0.2, -0.15) is 0 Å². The van der Waals surface area contributed by atoms with E-state index in [-0.39, 0.29) is 26.1 Å². The molecule has 0 aromatic heterocycles. The molecule has 0 aliphatic rings. The number of carbonyl (C=O) groups is 2. The van der Waals surface area contributed by atoms with Gasteiger partial charge in [0.25, 0.3) is 0 Å². The molecule has 0 rings (SSSR count). The van der Waals surface area contributed by atoms with Crippen LogP contribution in [0, 0.1) is 0 Å². The van der Waals surface area contributed by atoms with Gasteiger partial charge in [-0.15, -0.1) is 0 Å². The molecule has 2 unspecified atom stereocenters. The van der Waals surface area contributed by atoms with Crippen molar-refractivity contribution in [3.63, 3.8) is 0 Å². The summed E-state index contributed by atoms with van der Waals surface area (Å²) in [6, 6.07) is 0. The van der Waals surface area contributed by atoms with Gasteiger partial charge in [-0.05, 0) is 97.6 Å². The monoisotopic (exact) mass is 816 g/mol. The molecular formula is C47H78NO8P. The number of allylic oxidation sites excluding steroid dienone is 16. The Morgan fingerprint density at radius 3 is 1.56 bits per heavy atom. The fourth-order valence-electron chi connectivity index (χ4n) is 5.09. The van der Waals surface area contributed by atoms with Crippen molar-refractivity contribution >= 4 is 19.8 Å². The molecule has 324 valence electrons. The number of hydrogen-bond acceptors (Lipinski definition) is 8. The lowest BCUT2D eigenvalue weighted by molar-refractivity contribution is -0.161. The average molecular weight is 816 g/mol. The van der Waals surface area contributed by atoms with Crippen LogP contribution in [0.25, 0.3) is 0 Å². The smallest absolute Gasteiger partial charge is 0.462 e. The molecule has 0 bridgehead atoms. The Morgan fingerprint density at radius 2 is 1.04 bits per heavy atom. The second-order valence-electron chi connectivity index (χ2n) is 14.1. The molecule has 0 fully saturated rings. The van der Waals surface area contributed by atoms with Gasteiger partial charge in [0.2, 0.25) is 0 Å². The van der Waals surface area contributed by atoms with E-state index >= 15 is 0 Å². The van der Waals surface area contributed by atoms with Crippen LogP contribution in [0.4, 0.5) is 0 Å². The number of unbranched alkanes of at least 4 members (excludes halogenated alkanes) is 8. The maximum absolute atomic E-state index is 12.6. The number of phosphoric ester groups is 1. The molecule has 0 spiro atoms. The van der Waals surface area contributed by atoms with Gasteiger partial charge in [0, 0.05) is 19.4 Å². The maximum atomic E-state index is 12.6. The van der Waals surface area contributed by atoms with Gasteiger partial charge in [-0.3, -0.25) is 18.6 Å². The lowest BCUT2D eigenvalue weighted by Crippen LogP contribution is -2.29. The van der Waals surface area contributed by atoms with Crippen molar-refractivity contribution in [1.29, 1.82) is 0 Å². The third kappa shape index (κ3) is 42.4. The predicted molar refractivity (Wildman–Crippen MR) is 238 cm³/mol. The third-order valence-electron chi connectivity index (χ3n) is 8.39. The Balaban J connectivity index is 4.48. The molecule has 10 heteroatoms. The van der Waals surface area contributed by atoms with Crippen LogP contribution in [0.5, 0.6) is 0 Å². The Kier molecular flexibility index (Phi) is 38.9. The van der Waals surface area contributed by atoms with Gasteiger partial charge >= 0.3 is 19.8 Å². The molecule has 0 aromatic carbocycles. The first-order chi connectivity index (χ1) is 27.7. The Labute approximate surface area is 347 Å². The number of hydrogen-bond donors (Lipinski definition) is 1. The summed E-state index contributed by atoms with van der Waals surface area (Å²) < 4.78 is 33.3. The lowest BCUT2D eigenvalue weighted by atomic mass is 10.1. The quantitative estimate of drug-likeness (QED) is 0.0282. The molecule has 0 saturated heterocycles. The molecule has 0 aliphatic carbocycles. The summed E-state index contributed by atoms with van der Waals surface area (Å²) in [5, 5.41) is 0. The topological polar surface area (TPSA) is 112 Å². The van der Waals surface area contributed by atoms with Crippen LogP contribution in [0.3, 0.4) is 0 Å². The van der Waals surface area contributed by atoms with E-state index in [1.807, 2.05) is 26.2 Å². The average Bonchev–Trinajstić information content (AvgIpc) is 3.18. The van der Waals surface area contributed by atoms with Crippen LogP contribution >= 0.6 is 7.82 Å². The van der Waals surface area contributed by atoms with E-state index in [0.717, 1.165) is 77.0 Å². The van der Waals surface area contributed by atoms with Crippen LogP contribution in [-0.4, -0.2) is 68.3 Å². The van der Waals surface area contributed by atoms with Crippen LogP contribution < -0.4 is 0 Å². The van der Waals surface area contributed by atoms with E-state index in [9.17, 15) is 19.0 Å². The normalized spacial score (nSPS) is 14.4. The molecule has 0 aromatic rings. The van der Waals surface area contributed by atoms with Gasteiger partial charge in [0.05, 0.1) is 13.2 Å². The van der Waals surface area contributed by atoms with Crippen molar-refractivity contribution in [1.82, 2.24) is 4.90 Å². The van der Waals surface area contributed by atoms with E-state index in [2.05, 4.69) is 98.9 Å². The number of esters is 2. The first-order valence-electron chi connectivity index (χ1n) is 21.5. The molecule has 57 heavy (non-hydrogen) atoms. The summed E-state index contributed by atoms with van der Waals surface area (Å²) in [7, 11) is -0.769. The van der Waals surface area contributed by atoms with Crippen LogP contribution in [0.2, 0.25) is 0 Å². The Hall–Kier alpha value is -3.07. The van der Waals surface area contributed by atoms with Gasteiger partial charge < -0.3 is 19.3 Å². The number of likely N-dealkylation sites (N-methyl/N-ethyl adjacent to an activating group) is 1. The second-order valence-corrected chi connectivity index (χ2v) is 15.6. The Morgan fingerprint density at radius 1 is 0.561 bits per heavy atom. The minimum absolute atomic E-state index is 0.0142. The minimum atomic E-state index is -4.39. The van der Waals surface area contributed by atoms with Crippen LogP contribution in [-0.2, 0) is 32.7 Å². The van der Waals surface area contributed by atoms with E-state index < -0.39 is 32.5 Å². The van der Waals surface area contributed by atoms with Gasteiger partial charge in [-0.25, -0.2) is 4.57 Å². The van der Waals surface area contributed by atoms with Crippen LogP contribution in [0.15, 0.2) is 97.2 Å². The number of rotatable bonds is 38. The Bertz CT molecular complexity index is 1260. The largest absolute Gasteiger partial charge is 0.472 e. The molecule has 2 atom stereocenters. The van der Waals surface area contributed by atoms with Crippen molar-refractivity contribution < 1.29 is 37.6 Å². The summed E-state index contributed by atoms with van der Waals surface area (Å²) in [4.78, 5) is 37.0. The van der Waals surface area contributed by atoms with Crippen molar-refractivity contribution in [2.45, 2.75) is 148 Å². The maximum Gasteiger partial charge on any atom is 0.472 e. The van der Waals surface area contributed by atoms with Gasteiger partial charge in [0.15, 0.2) is 6.10 Å². The highest BCUT2D eigenvalue weighted by Gasteiger charge is 2.26. The second kappa shape index (κ2) is 41.1. The third-order valence-corrected chi connectivity index (χ3v) is 9.37. The molecule has 0 radical (unpaired) electrons. The predicted octanol–water partition coefficient (Wildman–Crippen LogP) is 12.4. The van der Waals surface area contributed by atoms with Crippen molar-refractivity contribution in [3.05, 3.63) is 97.2 Å². The zero-order valence-electron chi connectivity index (χ0n) is 36.0. The highest BCUT2D eigenvalue weighted by Crippen LogP contribution is 2.43. The van der Waals surface area contributed by atoms with Crippen molar-refractivity contribution in [3.8, 4) is 0 Å². The number of carbonyl (C=O) groups excluding carboxylic acids is 2. The fraction of sp³-hybridized carbons (Fsp3) is 0.617.